The molecule has 0 atom stereocenters. The standard InChI is InChI=1S/C15H18FN3O/c1-9-7-18-13(12(16)10(9)2)11-5-6-17-14(19-11)15(3,4)8-20/h5-7,20H,8H2,1-4H3. The number of nitrogens with zero attached hydrogens (tertiary/aromatic N) is 3. The Bertz CT molecular complexity index is 641. The van der Waals surface area contributed by atoms with E-state index in [0.717, 1.165) is 5.56 Å². The molecule has 2 aromatic heterocycles. The highest BCUT2D eigenvalue weighted by Gasteiger charge is 2.24. The zero-order valence-corrected chi connectivity index (χ0v) is 12.1. The molecule has 5 heteroatoms. The van der Waals surface area contributed by atoms with Gasteiger partial charge in [0.25, 0.3) is 0 Å². The summed E-state index contributed by atoms with van der Waals surface area (Å²) in [6.45, 7) is 7.11. The normalized spacial score (nSPS) is 11.7. The van der Waals surface area contributed by atoms with E-state index in [9.17, 15) is 9.50 Å². The minimum Gasteiger partial charge on any atom is -0.395 e. The number of halogens is 1. The van der Waals surface area contributed by atoms with E-state index in [2.05, 4.69) is 15.0 Å². The minimum absolute atomic E-state index is 0.0840. The number of hydrogen-bond donors (Lipinski definition) is 1. The molecule has 0 amide bonds. The number of hydrogen-bond acceptors (Lipinski definition) is 4. The van der Waals surface area contributed by atoms with Gasteiger partial charge in [0.15, 0.2) is 5.82 Å². The topological polar surface area (TPSA) is 58.9 Å². The van der Waals surface area contributed by atoms with Gasteiger partial charge in [-0.1, -0.05) is 13.8 Å². The SMILES string of the molecule is Cc1cnc(-c2ccnc(C(C)(C)CO)n2)c(F)c1C. The third kappa shape index (κ3) is 2.54. The Morgan fingerprint density at radius 1 is 1.25 bits per heavy atom. The highest BCUT2D eigenvalue weighted by molar-refractivity contribution is 5.56. The molecule has 0 aliphatic carbocycles. The van der Waals surface area contributed by atoms with Crippen molar-refractivity contribution < 1.29 is 9.50 Å². The maximum atomic E-state index is 14.3. The van der Waals surface area contributed by atoms with Crippen LogP contribution in [0.4, 0.5) is 4.39 Å². The molecule has 106 valence electrons. The van der Waals surface area contributed by atoms with E-state index in [1.807, 2.05) is 20.8 Å². The molecule has 0 bridgehead atoms. The summed E-state index contributed by atoms with van der Waals surface area (Å²) in [5, 5.41) is 9.37. The Kier molecular flexibility index (Phi) is 3.81. The summed E-state index contributed by atoms with van der Waals surface area (Å²) >= 11 is 0. The van der Waals surface area contributed by atoms with E-state index >= 15 is 0 Å². The summed E-state index contributed by atoms with van der Waals surface area (Å²) in [7, 11) is 0. The van der Waals surface area contributed by atoms with Crippen LogP contribution in [0.2, 0.25) is 0 Å². The van der Waals surface area contributed by atoms with Crippen molar-refractivity contribution in [2.45, 2.75) is 33.1 Å². The van der Waals surface area contributed by atoms with Gasteiger partial charge >= 0.3 is 0 Å². The van der Waals surface area contributed by atoms with Crippen LogP contribution >= 0.6 is 0 Å². The van der Waals surface area contributed by atoms with Gasteiger partial charge in [-0.15, -0.1) is 0 Å². The summed E-state index contributed by atoms with van der Waals surface area (Å²) in [4.78, 5) is 12.6. The van der Waals surface area contributed by atoms with Crippen molar-refractivity contribution in [2.24, 2.45) is 0 Å². The van der Waals surface area contributed by atoms with Gasteiger partial charge < -0.3 is 5.11 Å². The summed E-state index contributed by atoms with van der Waals surface area (Å²) in [6.07, 6.45) is 3.19. The van der Waals surface area contributed by atoms with Crippen LogP contribution in [0.15, 0.2) is 18.5 Å². The first-order chi connectivity index (χ1) is 9.36. The Morgan fingerprint density at radius 3 is 2.60 bits per heavy atom. The Morgan fingerprint density at radius 2 is 1.95 bits per heavy atom. The summed E-state index contributed by atoms with van der Waals surface area (Å²) in [5.74, 6) is 0.105. The van der Waals surface area contributed by atoms with Gasteiger partial charge in [0.1, 0.15) is 11.5 Å². The molecule has 20 heavy (non-hydrogen) atoms. The number of aliphatic hydroxyl groups excluding tert-OH is 1. The van der Waals surface area contributed by atoms with Crippen LogP contribution < -0.4 is 0 Å². The summed E-state index contributed by atoms with van der Waals surface area (Å²) in [6, 6.07) is 1.62. The van der Waals surface area contributed by atoms with E-state index in [4.69, 9.17) is 0 Å². The van der Waals surface area contributed by atoms with Crippen molar-refractivity contribution in [3.8, 4) is 11.4 Å². The second-order valence-electron chi connectivity index (χ2n) is 5.54. The number of aryl methyl sites for hydroxylation is 1. The van der Waals surface area contributed by atoms with E-state index in [1.165, 1.54) is 0 Å². The van der Waals surface area contributed by atoms with Gasteiger partial charge in [-0.05, 0) is 31.0 Å². The van der Waals surface area contributed by atoms with E-state index in [-0.39, 0.29) is 18.1 Å². The smallest absolute Gasteiger partial charge is 0.154 e. The fourth-order valence-corrected chi connectivity index (χ4v) is 1.73. The van der Waals surface area contributed by atoms with E-state index in [1.54, 1.807) is 25.4 Å². The van der Waals surface area contributed by atoms with Crippen molar-refractivity contribution in [1.82, 2.24) is 15.0 Å². The van der Waals surface area contributed by atoms with Crippen molar-refractivity contribution >= 4 is 0 Å². The zero-order chi connectivity index (χ0) is 14.9. The van der Waals surface area contributed by atoms with Crippen molar-refractivity contribution in [3.63, 3.8) is 0 Å². The lowest BCUT2D eigenvalue weighted by Gasteiger charge is -2.20. The fraction of sp³-hybridized carbons (Fsp3) is 0.400. The van der Waals surface area contributed by atoms with Crippen molar-refractivity contribution in [1.29, 1.82) is 0 Å². The van der Waals surface area contributed by atoms with Gasteiger partial charge in [0.2, 0.25) is 0 Å². The second-order valence-corrected chi connectivity index (χ2v) is 5.54. The number of pyridine rings is 1. The maximum Gasteiger partial charge on any atom is 0.154 e. The third-order valence-corrected chi connectivity index (χ3v) is 3.41. The molecule has 1 N–H and O–H groups in total. The number of aliphatic hydroxyl groups is 1. The van der Waals surface area contributed by atoms with Gasteiger partial charge in [0.05, 0.1) is 12.3 Å². The molecule has 0 unspecified atom stereocenters. The lowest BCUT2D eigenvalue weighted by atomic mass is 9.93. The van der Waals surface area contributed by atoms with Gasteiger partial charge in [-0.3, -0.25) is 4.98 Å². The molecule has 0 spiro atoms. The van der Waals surface area contributed by atoms with Crippen LogP contribution in [0.25, 0.3) is 11.4 Å². The predicted molar refractivity (Wildman–Crippen MR) is 74.8 cm³/mol. The average Bonchev–Trinajstić information content (AvgIpc) is 2.45. The Hall–Kier alpha value is -1.88. The molecule has 0 aliphatic rings. The van der Waals surface area contributed by atoms with Gasteiger partial charge in [0, 0.05) is 17.8 Å². The number of rotatable bonds is 3. The Labute approximate surface area is 117 Å². The first-order valence-corrected chi connectivity index (χ1v) is 6.43. The molecule has 2 heterocycles. The van der Waals surface area contributed by atoms with Crippen LogP contribution in [0, 0.1) is 19.7 Å². The van der Waals surface area contributed by atoms with Crippen LogP contribution in [0.5, 0.6) is 0 Å². The van der Waals surface area contributed by atoms with E-state index in [0.29, 0.717) is 17.1 Å². The molecule has 0 radical (unpaired) electrons. The first kappa shape index (κ1) is 14.5. The molecule has 0 saturated carbocycles. The summed E-state index contributed by atoms with van der Waals surface area (Å²) < 4.78 is 14.3. The second kappa shape index (κ2) is 5.25. The van der Waals surface area contributed by atoms with Crippen LogP contribution in [-0.4, -0.2) is 26.7 Å². The molecule has 2 aromatic rings. The molecule has 0 aromatic carbocycles. The largest absolute Gasteiger partial charge is 0.395 e. The molecule has 0 aliphatic heterocycles. The Balaban J connectivity index is 2.55. The monoisotopic (exact) mass is 275 g/mol. The van der Waals surface area contributed by atoms with Crippen molar-refractivity contribution in [3.05, 3.63) is 41.2 Å². The van der Waals surface area contributed by atoms with Crippen molar-refractivity contribution in [2.75, 3.05) is 6.61 Å². The van der Waals surface area contributed by atoms with Gasteiger partial charge in [-0.2, -0.15) is 0 Å². The highest BCUT2D eigenvalue weighted by Crippen LogP contribution is 2.25. The number of aromatic nitrogens is 3. The lowest BCUT2D eigenvalue weighted by Crippen LogP contribution is -2.25. The lowest BCUT2D eigenvalue weighted by molar-refractivity contribution is 0.212. The average molecular weight is 275 g/mol. The van der Waals surface area contributed by atoms with Gasteiger partial charge in [-0.25, -0.2) is 14.4 Å². The van der Waals surface area contributed by atoms with Crippen LogP contribution in [0.3, 0.4) is 0 Å². The molecular formula is C15H18FN3O. The third-order valence-electron chi connectivity index (χ3n) is 3.41. The first-order valence-electron chi connectivity index (χ1n) is 6.43. The molecule has 4 nitrogen and oxygen atoms in total. The summed E-state index contributed by atoms with van der Waals surface area (Å²) in [5.41, 5.74) is 1.43. The molecule has 0 saturated heterocycles. The van der Waals surface area contributed by atoms with E-state index < -0.39 is 5.41 Å². The highest BCUT2D eigenvalue weighted by atomic mass is 19.1. The fourth-order valence-electron chi connectivity index (χ4n) is 1.73. The predicted octanol–water partition coefficient (Wildman–Crippen LogP) is 2.56. The molecule has 2 rings (SSSR count). The van der Waals surface area contributed by atoms with Crippen LogP contribution in [0.1, 0.15) is 30.8 Å². The maximum absolute atomic E-state index is 14.3. The quantitative estimate of drug-likeness (QED) is 0.935. The molecular weight excluding hydrogens is 257 g/mol. The molecule has 0 fully saturated rings. The zero-order valence-electron chi connectivity index (χ0n) is 12.1. The van der Waals surface area contributed by atoms with Crippen LogP contribution in [-0.2, 0) is 5.41 Å². The minimum atomic E-state index is -0.577.